The van der Waals surface area contributed by atoms with E-state index in [0.717, 1.165) is 12.0 Å². The zero-order chi connectivity index (χ0) is 12.8. The number of hydrogen-bond donors (Lipinski definition) is 2. The average Bonchev–Trinajstić information content (AvgIpc) is 2.51. The Hall–Kier alpha value is -2.11. The third kappa shape index (κ3) is 3.17. The molecule has 0 radical (unpaired) electrons. The fourth-order valence-corrected chi connectivity index (χ4v) is 1.49. The molecule has 0 aliphatic carbocycles. The molecule has 1 aromatic rings. The summed E-state index contributed by atoms with van der Waals surface area (Å²) in [5.74, 6) is 0.300. The van der Waals surface area contributed by atoms with E-state index in [9.17, 15) is 10.1 Å². The first-order valence-corrected chi connectivity index (χ1v) is 5.51. The summed E-state index contributed by atoms with van der Waals surface area (Å²) >= 11 is 0. The molecule has 0 saturated heterocycles. The van der Waals surface area contributed by atoms with Gasteiger partial charge in [0.1, 0.15) is 0 Å². The van der Waals surface area contributed by atoms with E-state index in [0.29, 0.717) is 18.2 Å². The first kappa shape index (κ1) is 13.0. The predicted octanol–water partition coefficient (Wildman–Crippen LogP) is 1.90. The van der Waals surface area contributed by atoms with Gasteiger partial charge in [-0.25, -0.2) is 0 Å². The van der Waals surface area contributed by atoms with Gasteiger partial charge in [-0.2, -0.15) is 0 Å². The van der Waals surface area contributed by atoms with Crippen LogP contribution >= 0.6 is 0 Å². The summed E-state index contributed by atoms with van der Waals surface area (Å²) < 4.78 is 0. The number of guanidine groups is 1. The van der Waals surface area contributed by atoms with Crippen molar-refractivity contribution in [3.05, 3.63) is 33.9 Å². The number of benzene rings is 1. The fraction of sp³-hybridized carbons (Fsp3) is 0.364. The van der Waals surface area contributed by atoms with Crippen molar-refractivity contribution in [2.75, 3.05) is 11.9 Å². The van der Waals surface area contributed by atoms with Crippen LogP contribution in [0.4, 0.5) is 11.4 Å². The van der Waals surface area contributed by atoms with Crippen LogP contribution < -0.4 is 11.1 Å². The topological polar surface area (TPSA) is 93.5 Å². The van der Waals surface area contributed by atoms with Gasteiger partial charge in [-0.3, -0.25) is 15.1 Å². The molecule has 0 aromatic heterocycles. The van der Waals surface area contributed by atoms with Crippen molar-refractivity contribution in [1.29, 1.82) is 0 Å². The second kappa shape index (κ2) is 5.83. The van der Waals surface area contributed by atoms with Crippen molar-refractivity contribution in [3.63, 3.8) is 0 Å². The molecule has 6 heteroatoms. The Kier molecular flexibility index (Phi) is 4.45. The summed E-state index contributed by atoms with van der Waals surface area (Å²) in [6, 6.07) is 4.69. The largest absolute Gasteiger partial charge is 0.370 e. The fourth-order valence-electron chi connectivity index (χ4n) is 1.49. The van der Waals surface area contributed by atoms with Crippen molar-refractivity contribution in [3.8, 4) is 0 Å². The standard InChI is InChI=1S/C9H10N4O2.C2H6/c10-9-11-4-3-6-1-2-7(13(14)15)5-8(6)12-9;1-2/h1-2,5H,3-4H2,(H3,10,11,12);1-2H3. The number of hydrogen-bond acceptors (Lipinski definition) is 5. The lowest BCUT2D eigenvalue weighted by atomic mass is 10.1. The molecule has 0 atom stereocenters. The van der Waals surface area contributed by atoms with Gasteiger partial charge >= 0.3 is 0 Å². The van der Waals surface area contributed by atoms with E-state index in [-0.39, 0.29) is 5.69 Å². The van der Waals surface area contributed by atoms with Gasteiger partial charge in [0.05, 0.1) is 10.6 Å². The molecule has 0 bridgehead atoms. The van der Waals surface area contributed by atoms with Crippen LogP contribution in [-0.4, -0.2) is 17.4 Å². The maximum absolute atomic E-state index is 10.6. The number of nitrogens with one attached hydrogen (secondary N) is 1. The lowest BCUT2D eigenvalue weighted by Gasteiger charge is -2.06. The molecule has 1 aromatic carbocycles. The highest BCUT2D eigenvalue weighted by atomic mass is 16.6. The van der Waals surface area contributed by atoms with Crippen molar-refractivity contribution in [1.82, 2.24) is 0 Å². The van der Waals surface area contributed by atoms with E-state index in [2.05, 4.69) is 10.3 Å². The lowest BCUT2D eigenvalue weighted by molar-refractivity contribution is -0.384. The maximum atomic E-state index is 10.6. The SMILES string of the molecule is CC.NC1=NCCc2ccc([N+](=O)[O-])cc2N1. The number of fused-ring (bicyclic) bond motifs is 1. The molecule has 2 rings (SSSR count). The minimum Gasteiger partial charge on any atom is -0.370 e. The average molecular weight is 236 g/mol. The molecule has 3 N–H and O–H groups in total. The highest BCUT2D eigenvalue weighted by Crippen LogP contribution is 2.24. The highest BCUT2D eigenvalue weighted by Gasteiger charge is 2.13. The van der Waals surface area contributed by atoms with Gasteiger partial charge in [0.15, 0.2) is 5.96 Å². The van der Waals surface area contributed by atoms with Crippen molar-refractivity contribution in [2.24, 2.45) is 10.7 Å². The van der Waals surface area contributed by atoms with Gasteiger partial charge in [-0.05, 0) is 12.0 Å². The van der Waals surface area contributed by atoms with Gasteiger partial charge in [0, 0.05) is 18.7 Å². The monoisotopic (exact) mass is 236 g/mol. The first-order chi connectivity index (χ1) is 8.16. The van der Waals surface area contributed by atoms with Crippen molar-refractivity contribution in [2.45, 2.75) is 20.3 Å². The third-order valence-corrected chi connectivity index (χ3v) is 2.23. The van der Waals surface area contributed by atoms with Crippen LogP contribution in [0.2, 0.25) is 0 Å². The molecule has 1 heterocycles. The Morgan fingerprint density at radius 3 is 2.82 bits per heavy atom. The quantitative estimate of drug-likeness (QED) is 0.575. The third-order valence-electron chi connectivity index (χ3n) is 2.23. The van der Waals surface area contributed by atoms with Crippen LogP contribution in [0, 0.1) is 10.1 Å². The molecule has 0 fully saturated rings. The van der Waals surface area contributed by atoms with E-state index >= 15 is 0 Å². The molecule has 6 nitrogen and oxygen atoms in total. The Morgan fingerprint density at radius 1 is 1.47 bits per heavy atom. The maximum Gasteiger partial charge on any atom is 0.271 e. The summed E-state index contributed by atoms with van der Waals surface area (Å²) in [4.78, 5) is 14.2. The van der Waals surface area contributed by atoms with Crippen molar-refractivity contribution < 1.29 is 4.92 Å². The summed E-state index contributed by atoms with van der Waals surface area (Å²) in [6.07, 6.45) is 0.737. The number of nitrogens with two attached hydrogens (primary N) is 1. The molecule has 17 heavy (non-hydrogen) atoms. The molecule has 0 unspecified atom stereocenters. The van der Waals surface area contributed by atoms with E-state index in [4.69, 9.17) is 5.73 Å². The van der Waals surface area contributed by atoms with E-state index in [1.807, 2.05) is 13.8 Å². The minimum atomic E-state index is -0.430. The summed E-state index contributed by atoms with van der Waals surface area (Å²) in [7, 11) is 0. The second-order valence-electron chi connectivity index (χ2n) is 3.24. The molecule has 1 aliphatic heterocycles. The van der Waals surface area contributed by atoms with Gasteiger partial charge in [0.2, 0.25) is 0 Å². The van der Waals surface area contributed by atoms with Crippen LogP contribution in [0.15, 0.2) is 23.2 Å². The molecule has 1 aliphatic rings. The Balaban J connectivity index is 0.000000686. The number of nitrogens with zero attached hydrogens (tertiary/aromatic N) is 2. The zero-order valence-electron chi connectivity index (χ0n) is 9.93. The van der Waals surface area contributed by atoms with Gasteiger partial charge in [-0.1, -0.05) is 19.9 Å². The molecule has 0 spiro atoms. The van der Waals surface area contributed by atoms with Crippen molar-refractivity contribution >= 4 is 17.3 Å². The van der Waals surface area contributed by atoms with E-state index in [1.165, 1.54) is 12.1 Å². The Bertz CT molecular complexity index is 443. The molecule has 0 amide bonds. The van der Waals surface area contributed by atoms with Gasteiger partial charge < -0.3 is 11.1 Å². The number of nitro groups is 1. The van der Waals surface area contributed by atoms with Crippen LogP contribution in [0.25, 0.3) is 0 Å². The second-order valence-corrected chi connectivity index (χ2v) is 3.24. The Morgan fingerprint density at radius 2 is 2.18 bits per heavy atom. The van der Waals surface area contributed by atoms with E-state index < -0.39 is 4.92 Å². The normalized spacial score (nSPS) is 13.2. The van der Waals surface area contributed by atoms with Gasteiger partial charge in [-0.15, -0.1) is 0 Å². The lowest BCUT2D eigenvalue weighted by Crippen LogP contribution is -2.21. The van der Waals surface area contributed by atoms with Crippen LogP contribution in [0.1, 0.15) is 19.4 Å². The van der Waals surface area contributed by atoms with Crippen LogP contribution in [-0.2, 0) is 6.42 Å². The minimum absolute atomic E-state index is 0.0518. The zero-order valence-corrected chi connectivity index (χ0v) is 9.93. The number of aliphatic imine (C=N–C) groups is 1. The number of anilines is 1. The molecule has 0 saturated carbocycles. The number of non-ortho nitro benzene ring substituents is 1. The smallest absolute Gasteiger partial charge is 0.271 e. The van der Waals surface area contributed by atoms with Crippen LogP contribution in [0.3, 0.4) is 0 Å². The number of rotatable bonds is 1. The summed E-state index contributed by atoms with van der Waals surface area (Å²) in [5.41, 5.74) is 7.26. The first-order valence-electron chi connectivity index (χ1n) is 5.51. The Labute approximate surface area is 99.7 Å². The summed E-state index contributed by atoms with van der Waals surface area (Å²) in [6.45, 7) is 4.60. The highest BCUT2D eigenvalue weighted by molar-refractivity contribution is 5.93. The molecule has 92 valence electrons. The van der Waals surface area contributed by atoms with Gasteiger partial charge in [0.25, 0.3) is 5.69 Å². The number of nitro benzene ring substituents is 1. The summed E-state index contributed by atoms with van der Waals surface area (Å²) in [5, 5.41) is 13.4. The van der Waals surface area contributed by atoms with E-state index in [1.54, 1.807) is 6.07 Å². The predicted molar refractivity (Wildman–Crippen MR) is 68.3 cm³/mol. The molecular formula is C11H16N4O2. The molecular weight excluding hydrogens is 220 g/mol. The van der Waals surface area contributed by atoms with Crippen LogP contribution in [0.5, 0.6) is 0 Å².